The van der Waals surface area contributed by atoms with E-state index >= 15 is 0 Å². The molecule has 30 heavy (non-hydrogen) atoms. The number of nitrogens with zero attached hydrogens (tertiary/aromatic N) is 6. The Kier molecular flexibility index (Phi) is 5.35. The highest BCUT2D eigenvalue weighted by molar-refractivity contribution is 5.80. The first-order valence-electron chi connectivity index (χ1n) is 9.76. The number of tetrazole rings is 1. The maximum atomic E-state index is 14.0. The topological polar surface area (TPSA) is 85.2 Å². The SMILES string of the molecule is CCc1nc(C(F)(F)CC)nn1Cc1ccc(-c2ccccc2-c2nn[nH]n2)cc1. The molecule has 4 aromatic rings. The van der Waals surface area contributed by atoms with Crippen LogP contribution in [-0.4, -0.2) is 35.4 Å². The van der Waals surface area contributed by atoms with Crippen LogP contribution in [-0.2, 0) is 18.9 Å². The maximum absolute atomic E-state index is 14.0. The van der Waals surface area contributed by atoms with Gasteiger partial charge in [0.1, 0.15) is 5.82 Å². The Morgan fingerprint density at radius 2 is 1.73 bits per heavy atom. The number of H-pyrrole nitrogens is 1. The van der Waals surface area contributed by atoms with Crippen molar-refractivity contribution in [2.45, 2.75) is 39.2 Å². The van der Waals surface area contributed by atoms with Crippen LogP contribution in [0.5, 0.6) is 0 Å². The Bertz CT molecular complexity index is 1120. The van der Waals surface area contributed by atoms with Crippen LogP contribution in [0.25, 0.3) is 22.5 Å². The molecule has 7 nitrogen and oxygen atoms in total. The summed E-state index contributed by atoms with van der Waals surface area (Å²) in [6.07, 6.45) is 0.206. The summed E-state index contributed by atoms with van der Waals surface area (Å²) < 4.78 is 29.5. The number of rotatable bonds is 7. The number of aryl methyl sites for hydroxylation is 1. The van der Waals surface area contributed by atoms with Crippen LogP contribution < -0.4 is 0 Å². The molecule has 2 aromatic heterocycles. The summed E-state index contributed by atoms with van der Waals surface area (Å²) in [7, 11) is 0. The third kappa shape index (κ3) is 3.83. The fourth-order valence-electron chi connectivity index (χ4n) is 3.24. The average Bonchev–Trinajstić information content (AvgIpc) is 3.45. The van der Waals surface area contributed by atoms with Crippen molar-refractivity contribution < 1.29 is 8.78 Å². The molecule has 2 heterocycles. The summed E-state index contributed by atoms with van der Waals surface area (Å²) >= 11 is 0. The van der Waals surface area contributed by atoms with E-state index < -0.39 is 11.7 Å². The second-order valence-electron chi connectivity index (χ2n) is 6.90. The number of hydrogen-bond acceptors (Lipinski definition) is 5. The van der Waals surface area contributed by atoms with Gasteiger partial charge in [-0.1, -0.05) is 62.4 Å². The molecule has 0 atom stereocenters. The number of aromatic amines is 1. The molecule has 0 saturated heterocycles. The molecule has 9 heteroatoms. The van der Waals surface area contributed by atoms with Crippen molar-refractivity contribution in [2.75, 3.05) is 0 Å². The van der Waals surface area contributed by atoms with E-state index in [4.69, 9.17) is 0 Å². The van der Waals surface area contributed by atoms with Gasteiger partial charge in [-0.05, 0) is 21.9 Å². The molecule has 0 amide bonds. The van der Waals surface area contributed by atoms with Crippen LogP contribution in [0.1, 0.15) is 37.5 Å². The van der Waals surface area contributed by atoms with Crippen LogP contribution in [0.15, 0.2) is 48.5 Å². The van der Waals surface area contributed by atoms with Crippen LogP contribution in [0.4, 0.5) is 8.78 Å². The predicted molar refractivity (Wildman–Crippen MR) is 108 cm³/mol. The van der Waals surface area contributed by atoms with Crippen LogP contribution in [0, 0.1) is 0 Å². The number of nitrogens with one attached hydrogen (secondary N) is 1. The molecule has 2 aromatic carbocycles. The van der Waals surface area contributed by atoms with E-state index in [1.807, 2.05) is 55.5 Å². The van der Waals surface area contributed by atoms with Crippen LogP contribution in [0.2, 0.25) is 0 Å². The Morgan fingerprint density at radius 1 is 1.00 bits per heavy atom. The van der Waals surface area contributed by atoms with E-state index in [0.717, 1.165) is 22.3 Å². The predicted octanol–water partition coefficient (Wildman–Crippen LogP) is 4.24. The van der Waals surface area contributed by atoms with Gasteiger partial charge in [-0.15, -0.1) is 15.3 Å². The first-order valence-corrected chi connectivity index (χ1v) is 9.76. The van der Waals surface area contributed by atoms with Crippen LogP contribution in [0.3, 0.4) is 0 Å². The monoisotopic (exact) mass is 409 g/mol. The molecule has 154 valence electrons. The lowest BCUT2D eigenvalue weighted by Crippen LogP contribution is -2.14. The van der Waals surface area contributed by atoms with E-state index in [9.17, 15) is 8.78 Å². The van der Waals surface area contributed by atoms with E-state index in [-0.39, 0.29) is 6.42 Å². The number of aromatic nitrogens is 7. The van der Waals surface area contributed by atoms with Crippen molar-refractivity contribution in [1.29, 1.82) is 0 Å². The lowest BCUT2D eigenvalue weighted by molar-refractivity contribution is -0.0177. The van der Waals surface area contributed by atoms with Crippen molar-refractivity contribution in [2.24, 2.45) is 0 Å². The van der Waals surface area contributed by atoms with Gasteiger partial charge in [0, 0.05) is 18.4 Å². The van der Waals surface area contributed by atoms with Crippen molar-refractivity contribution >= 4 is 0 Å². The fourth-order valence-corrected chi connectivity index (χ4v) is 3.24. The van der Waals surface area contributed by atoms with E-state index in [2.05, 4.69) is 30.7 Å². The number of alkyl halides is 2. The van der Waals surface area contributed by atoms with Gasteiger partial charge in [0.2, 0.25) is 11.6 Å². The van der Waals surface area contributed by atoms with Crippen LogP contribution >= 0.6 is 0 Å². The fraction of sp³-hybridized carbons (Fsp3) is 0.286. The van der Waals surface area contributed by atoms with E-state index in [0.29, 0.717) is 24.6 Å². The second kappa shape index (κ2) is 8.10. The van der Waals surface area contributed by atoms with E-state index in [1.165, 1.54) is 6.92 Å². The quantitative estimate of drug-likeness (QED) is 0.494. The molecule has 0 bridgehead atoms. The van der Waals surface area contributed by atoms with Gasteiger partial charge in [-0.25, -0.2) is 9.67 Å². The minimum atomic E-state index is -3.02. The van der Waals surface area contributed by atoms with Gasteiger partial charge >= 0.3 is 5.92 Å². The molecule has 0 saturated carbocycles. The van der Waals surface area contributed by atoms with Gasteiger partial charge in [0.15, 0.2) is 0 Å². The summed E-state index contributed by atoms with van der Waals surface area (Å²) in [5.74, 6) is -2.36. The summed E-state index contributed by atoms with van der Waals surface area (Å²) in [6.45, 7) is 3.69. The molecule has 0 radical (unpaired) electrons. The maximum Gasteiger partial charge on any atom is 0.308 e. The summed E-state index contributed by atoms with van der Waals surface area (Å²) in [6, 6.07) is 15.7. The van der Waals surface area contributed by atoms with E-state index in [1.54, 1.807) is 4.68 Å². The van der Waals surface area contributed by atoms with Crippen molar-refractivity contribution in [3.8, 4) is 22.5 Å². The van der Waals surface area contributed by atoms with Crippen molar-refractivity contribution in [3.63, 3.8) is 0 Å². The first kappa shape index (κ1) is 19.8. The number of hydrogen-bond donors (Lipinski definition) is 1. The smallest absolute Gasteiger partial charge is 0.245 e. The molecule has 0 spiro atoms. The molecule has 1 N–H and O–H groups in total. The Morgan fingerprint density at radius 3 is 2.37 bits per heavy atom. The number of halogens is 2. The zero-order valence-electron chi connectivity index (χ0n) is 16.7. The van der Waals surface area contributed by atoms with Crippen molar-refractivity contribution in [1.82, 2.24) is 35.4 Å². The van der Waals surface area contributed by atoms with Gasteiger partial charge in [-0.3, -0.25) is 0 Å². The Balaban J connectivity index is 1.61. The summed E-state index contributed by atoms with van der Waals surface area (Å²) in [5.41, 5.74) is 3.79. The molecule has 0 aliphatic heterocycles. The third-order valence-corrected chi connectivity index (χ3v) is 4.95. The molecule has 0 unspecified atom stereocenters. The average molecular weight is 409 g/mol. The largest absolute Gasteiger partial charge is 0.308 e. The van der Waals surface area contributed by atoms with Gasteiger partial charge in [0.05, 0.1) is 6.54 Å². The highest BCUT2D eigenvalue weighted by atomic mass is 19.3. The standard InChI is InChI=1S/C21H21F2N7/c1-3-18-24-20(21(22,23)4-2)27-30(18)13-14-9-11-15(12-10-14)16-7-5-6-8-17(16)19-25-28-29-26-19/h5-12H,3-4,13H2,1-2H3,(H,25,26,28,29). The normalized spacial score (nSPS) is 11.7. The summed E-state index contributed by atoms with van der Waals surface area (Å²) in [5, 5.41) is 18.3. The highest BCUT2D eigenvalue weighted by Crippen LogP contribution is 2.31. The lowest BCUT2D eigenvalue weighted by Gasteiger charge is -2.09. The zero-order valence-corrected chi connectivity index (χ0v) is 16.7. The third-order valence-electron chi connectivity index (χ3n) is 4.95. The summed E-state index contributed by atoms with van der Waals surface area (Å²) in [4.78, 5) is 4.05. The molecule has 0 fully saturated rings. The van der Waals surface area contributed by atoms with Gasteiger partial charge in [0.25, 0.3) is 0 Å². The Labute approximate surface area is 172 Å². The molecule has 4 rings (SSSR count). The number of benzene rings is 2. The molecule has 0 aliphatic carbocycles. The first-order chi connectivity index (χ1) is 14.5. The van der Waals surface area contributed by atoms with Crippen molar-refractivity contribution in [3.05, 3.63) is 65.7 Å². The molecule has 0 aliphatic rings. The molecular weight excluding hydrogens is 388 g/mol. The van der Waals surface area contributed by atoms with Gasteiger partial charge < -0.3 is 0 Å². The van der Waals surface area contributed by atoms with Gasteiger partial charge in [-0.2, -0.15) is 14.0 Å². The highest BCUT2D eigenvalue weighted by Gasteiger charge is 2.34. The second-order valence-corrected chi connectivity index (χ2v) is 6.90. The Hall–Kier alpha value is -3.49. The zero-order chi connectivity index (χ0) is 21.1. The minimum Gasteiger partial charge on any atom is -0.245 e. The minimum absolute atomic E-state index is 0.325. The molecular formula is C21H21F2N7. The lowest BCUT2D eigenvalue weighted by atomic mass is 9.98.